The second-order valence-electron chi connectivity index (χ2n) is 12.0. The summed E-state index contributed by atoms with van der Waals surface area (Å²) < 4.78 is 58.4. The first-order valence-electron chi connectivity index (χ1n) is 16.2. The number of anilines is 1. The number of nitrogens with zero attached hydrogens (tertiary/aromatic N) is 5. The van der Waals surface area contributed by atoms with Crippen LogP contribution in [0.25, 0.3) is 32.9 Å². The van der Waals surface area contributed by atoms with E-state index < -0.39 is 29.3 Å². The number of alkyl halides is 1. The molecule has 2 saturated heterocycles. The van der Waals surface area contributed by atoms with Gasteiger partial charge in [-0.3, -0.25) is 9.69 Å². The van der Waals surface area contributed by atoms with Gasteiger partial charge in [0.25, 0.3) is 0 Å². The maximum Gasteiger partial charge on any atom is 0.319 e. The zero-order chi connectivity index (χ0) is 33.5. The summed E-state index contributed by atoms with van der Waals surface area (Å²) >= 11 is 0. The molecule has 4 aromatic rings. The first-order valence-corrected chi connectivity index (χ1v) is 16.2. The lowest BCUT2D eigenvalue weighted by Gasteiger charge is -2.31. The SMILES string of the molecule is CC.CCc1c(F)ccc2cc(O)cc(-c3nc4c5c(nc(OC[C@@]67CCCN6CC(F)C7)nc5c3F)N(CCC(N)=O)CCO4)c12. The standard InChI is InChI=1S/C32H33F3N6O4.C2H6/c1-2-20-22(34)5-4-17-12-19(42)13-21(24(17)20)27-26(35)28-25-29(40(9-6-23(36)43)10-11-44-30(25)37-27)39-31(38-28)45-16-32-7-3-8-41(32)15-18(33)14-32;1-2/h4-5,12-13,18,42H,2-3,6-11,14-16H2,1H3,(H2,36,43);1-2H3/t18?,32-;/m0./s1. The summed E-state index contributed by atoms with van der Waals surface area (Å²) in [7, 11) is 0. The number of aromatic hydroxyl groups is 1. The van der Waals surface area contributed by atoms with Crippen molar-refractivity contribution in [2.45, 2.75) is 64.6 Å². The van der Waals surface area contributed by atoms with E-state index in [2.05, 4.69) is 19.9 Å². The van der Waals surface area contributed by atoms with Crippen molar-refractivity contribution in [3.8, 4) is 28.9 Å². The van der Waals surface area contributed by atoms with Gasteiger partial charge in [-0.15, -0.1) is 0 Å². The Morgan fingerprint density at radius 2 is 1.98 bits per heavy atom. The number of carbonyl (C=O) groups is 1. The Kier molecular flexibility index (Phi) is 9.01. The molecule has 0 aliphatic carbocycles. The highest BCUT2D eigenvalue weighted by molar-refractivity contribution is 6.03. The lowest BCUT2D eigenvalue weighted by Crippen LogP contribution is -2.43. The summed E-state index contributed by atoms with van der Waals surface area (Å²) in [6, 6.07) is 5.56. The molecule has 1 unspecified atom stereocenters. The lowest BCUT2D eigenvalue weighted by molar-refractivity contribution is -0.117. The third-order valence-electron chi connectivity index (χ3n) is 9.23. The van der Waals surface area contributed by atoms with Crippen LogP contribution in [0.4, 0.5) is 19.0 Å². The highest BCUT2D eigenvalue weighted by atomic mass is 19.1. The van der Waals surface area contributed by atoms with Gasteiger partial charge in [-0.25, -0.2) is 18.2 Å². The molecule has 0 spiro atoms. The number of phenols is 1. The van der Waals surface area contributed by atoms with Gasteiger partial charge in [0, 0.05) is 31.5 Å². The molecule has 1 amide bonds. The fourth-order valence-electron chi connectivity index (χ4n) is 7.18. The average Bonchev–Trinajstić information content (AvgIpc) is 3.52. The van der Waals surface area contributed by atoms with Crippen LogP contribution in [0.3, 0.4) is 0 Å². The van der Waals surface area contributed by atoms with Gasteiger partial charge in [-0.05, 0) is 60.3 Å². The summed E-state index contributed by atoms with van der Waals surface area (Å²) in [6.45, 7) is 7.63. The fraction of sp³-hybridized carbons (Fsp3) is 0.471. The van der Waals surface area contributed by atoms with Crippen molar-refractivity contribution in [1.29, 1.82) is 0 Å². The van der Waals surface area contributed by atoms with Crippen molar-refractivity contribution in [1.82, 2.24) is 19.9 Å². The van der Waals surface area contributed by atoms with E-state index in [1.54, 1.807) is 11.8 Å². The minimum Gasteiger partial charge on any atom is -0.508 e. The second kappa shape index (κ2) is 13.0. The molecule has 2 aromatic carbocycles. The van der Waals surface area contributed by atoms with E-state index in [1.165, 1.54) is 24.3 Å². The summed E-state index contributed by atoms with van der Waals surface area (Å²) in [4.78, 5) is 29.2. The molecule has 2 atom stereocenters. The number of hydrogen-bond acceptors (Lipinski definition) is 9. The highest BCUT2D eigenvalue weighted by Gasteiger charge is 2.49. The molecule has 0 bridgehead atoms. The summed E-state index contributed by atoms with van der Waals surface area (Å²) in [5.74, 6) is -1.65. The van der Waals surface area contributed by atoms with Crippen LogP contribution >= 0.6 is 0 Å². The van der Waals surface area contributed by atoms with Crippen LogP contribution in [0.2, 0.25) is 0 Å². The highest BCUT2D eigenvalue weighted by Crippen LogP contribution is 2.44. The molecule has 7 rings (SSSR count). The van der Waals surface area contributed by atoms with Gasteiger partial charge < -0.3 is 25.2 Å². The first kappa shape index (κ1) is 32.5. The van der Waals surface area contributed by atoms with Crippen LogP contribution in [0.5, 0.6) is 17.6 Å². The number of aryl methyl sites for hydroxylation is 1. The molecule has 3 aliphatic heterocycles. The normalized spacial score (nSPS) is 20.5. The van der Waals surface area contributed by atoms with Crippen LogP contribution in [-0.2, 0) is 11.2 Å². The number of fused-ring (bicyclic) bond motifs is 2. The van der Waals surface area contributed by atoms with E-state index in [1.807, 2.05) is 13.8 Å². The maximum absolute atomic E-state index is 16.8. The quantitative estimate of drug-likeness (QED) is 0.256. The largest absolute Gasteiger partial charge is 0.508 e. The van der Waals surface area contributed by atoms with Crippen molar-refractivity contribution >= 4 is 33.4 Å². The Bertz CT molecular complexity index is 1840. The van der Waals surface area contributed by atoms with E-state index in [4.69, 9.17) is 15.2 Å². The van der Waals surface area contributed by atoms with Crippen molar-refractivity contribution in [2.24, 2.45) is 5.73 Å². The third-order valence-corrected chi connectivity index (χ3v) is 9.23. The maximum atomic E-state index is 16.8. The zero-order valence-corrected chi connectivity index (χ0v) is 26.8. The Hall–Kier alpha value is -4.39. The topological polar surface area (TPSA) is 127 Å². The van der Waals surface area contributed by atoms with Crippen LogP contribution in [0.15, 0.2) is 24.3 Å². The molecular formula is C34H39F3N6O4. The van der Waals surface area contributed by atoms with Crippen LogP contribution < -0.4 is 20.1 Å². The average molecular weight is 653 g/mol. The predicted molar refractivity (Wildman–Crippen MR) is 173 cm³/mol. The molecule has 5 heterocycles. The van der Waals surface area contributed by atoms with Crippen molar-refractivity contribution < 1.29 is 32.5 Å². The van der Waals surface area contributed by atoms with E-state index in [0.29, 0.717) is 35.7 Å². The lowest BCUT2D eigenvalue weighted by atomic mass is 9.94. The Morgan fingerprint density at radius 1 is 1.17 bits per heavy atom. The number of rotatable bonds is 8. The number of primary amides is 1. The summed E-state index contributed by atoms with van der Waals surface area (Å²) in [5.41, 5.74) is 5.14. The fourth-order valence-corrected chi connectivity index (χ4v) is 7.18. The van der Waals surface area contributed by atoms with E-state index in [-0.39, 0.29) is 78.3 Å². The summed E-state index contributed by atoms with van der Waals surface area (Å²) in [5, 5.41) is 11.7. The number of carbonyl (C=O) groups excluding carboxylic acids is 1. The van der Waals surface area contributed by atoms with Crippen molar-refractivity contribution in [3.63, 3.8) is 0 Å². The number of phenolic OH excluding ortho intramolecular Hbond substituents is 1. The van der Waals surface area contributed by atoms with Gasteiger partial charge in [-0.2, -0.15) is 9.97 Å². The predicted octanol–water partition coefficient (Wildman–Crippen LogP) is 5.45. The Morgan fingerprint density at radius 3 is 2.74 bits per heavy atom. The van der Waals surface area contributed by atoms with Crippen LogP contribution in [0.1, 0.15) is 52.0 Å². The van der Waals surface area contributed by atoms with Crippen LogP contribution in [-0.4, -0.2) is 82.0 Å². The van der Waals surface area contributed by atoms with Crippen molar-refractivity contribution in [2.75, 3.05) is 44.3 Å². The van der Waals surface area contributed by atoms with Gasteiger partial charge >= 0.3 is 6.01 Å². The van der Waals surface area contributed by atoms with Gasteiger partial charge in [-0.1, -0.05) is 26.8 Å². The number of halogens is 3. The second-order valence-corrected chi connectivity index (χ2v) is 12.0. The van der Waals surface area contributed by atoms with Crippen molar-refractivity contribution in [3.05, 3.63) is 41.5 Å². The molecule has 3 N–H and O–H groups in total. The monoisotopic (exact) mass is 652 g/mol. The van der Waals surface area contributed by atoms with Gasteiger partial charge in [0.1, 0.15) is 53.4 Å². The molecule has 13 heteroatoms. The molecule has 10 nitrogen and oxygen atoms in total. The van der Waals surface area contributed by atoms with E-state index >= 15 is 4.39 Å². The van der Waals surface area contributed by atoms with E-state index in [0.717, 1.165) is 19.4 Å². The smallest absolute Gasteiger partial charge is 0.319 e. The number of amides is 1. The van der Waals surface area contributed by atoms with Gasteiger partial charge in [0.05, 0.1) is 12.1 Å². The zero-order valence-electron chi connectivity index (χ0n) is 26.8. The van der Waals surface area contributed by atoms with E-state index in [9.17, 15) is 18.7 Å². The first-order chi connectivity index (χ1) is 22.7. The molecule has 0 saturated carbocycles. The third kappa shape index (κ3) is 5.85. The van der Waals surface area contributed by atoms with Crippen LogP contribution in [0, 0.1) is 11.6 Å². The number of benzene rings is 2. The molecular weight excluding hydrogens is 613 g/mol. The molecule has 2 aromatic heterocycles. The number of ether oxygens (including phenoxy) is 2. The number of hydrogen-bond donors (Lipinski definition) is 2. The molecule has 250 valence electrons. The van der Waals surface area contributed by atoms with Gasteiger partial charge in [0.15, 0.2) is 5.82 Å². The molecule has 47 heavy (non-hydrogen) atoms. The minimum atomic E-state index is -0.957. The Labute approximate surface area is 270 Å². The molecule has 3 aliphatic rings. The Balaban J connectivity index is 0.00000190. The minimum absolute atomic E-state index is 0.0155. The van der Waals surface area contributed by atoms with Gasteiger partial charge in [0.2, 0.25) is 11.8 Å². The number of aromatic nitrogens is 3. The molecule has 0 radical (unpaired) electrons. The number of nitrogens with two attached hydrogens (primary N) is 1. The number of pyridine rings is 1. The summed E-state index contributed by atoms with van der Waals surface area (Å²) in [6.07, 6.45) is 1.39. The molecule has 2 fully saturated rings.